The maximum Gasteiger partial charge on any atom is 0.304 e. The molecule has 82 valence electrons. The highest BCUT2D eigenvalue weighted by molar-refractivity contribution is 5.66. The molecule has 0 atom stereocenters. The number of aliphatic carboxylic acids is 1. The van der Waals surface area contributed by atoms with Crippen molar-refractivity contribution in [2.75, 3.05) is 13.6 Å². The molecule has 1 N–H and O–H groups in total. The Bertz CT molecular complexity index is 186. The molecule has 1 fully saturated rings. The normalized spacial score (nSPS) is 27.9. The fourth-order valence-corrected chi connectivity index (χ4v) is 2.14. The van der Waals surface area contributed by atoms with Crippen LogP contribution < -0.4 is 0 Å². The van der Waals surface area contributed by atoms with E-state index in [0.717, 1.165) is 5.92 Å². The smallest absolute Gasteiger partial charge is 0.304 e. The Balaban J connectivity index is 2.23. The molecule has 0 spiro atoms. The predicted molar refractivity (Wildman–Crippen MR) is 56.3 cm³/mol. The van der Waals surface area contributed by atoms with Crippen LogP contribution in [0.2, 0.25) is 0 Å². The van der Waals surface area contributed by atoms with Crippen LogP contribution in [0.5, 0.6) is 0 Å². The van der Waals surface area contributed by atoms with E-state index in [1.165, 1.54) is 25.7 Å². The van der Waals surface area contributed by atoms with Gasteiger partial charge in [-0.05, 0) is 38.6 Å². The van der Waals surface area contributed by atoms with Crippen molar-refractivity contribution in [2.24, 2.45) is 5.92 Å². The van der Waals surface area contributed by atoms with Gasteiger partial charge >= 0.3 is 5.97 Å². The van der Waals surface area contributed by atoms with Crippen LogP contribution in [0.3, 0.4) is 0 Å². The molecule has 0 aromatic rings. The van der Waals surface area contributed by atoms with Gasteiger partial charge in [0.1, 0.15) is 0 Å². The third-order valence-electron chi connectivity index (χ3n) is 3.29. The van der Waals surface area contributed by atoms with Crippen LogP contribution in [0, 0.1) is 5.92 Å². The molecule has 1 aliphatic carbocycles. The largest absolute Gasteiger partial charge is 0.481 e. The van der Waals surface area contributed by atoms with E-state index in [1.807, 2.05) is 7.05 Å². The summed E-state index contributed by atoms with van der Waals surface area (Å²) in [5.41, 5.74) is 0. The van der Waals surface area contributed by atoms with Crippen LogP contribution in [0.15, 0.2) is 0 Å². The standard InChI is InChI=1S/C11H21NO2/c1-9-3-5-10(6-4-9)12(2)8-7-11(13)14/h9-10H,3-8H2,1-2H3,(H,13,14). The molecule has 0 radical (unpaired) electrons. The molecule has 3 nitrogen and oxygen atoms in total. The third-order valence-corrected chi connectivity index (χ3v) is 3.29. The number of hydrogen-bond acceptors (Lipinski definition) is 2. The Morgan fingerprint density at radius 1 is 1.36 bits per heavy atom. The number of nitrogens with zero attached hydrogens (tertiary/aromatic N) is 1. The summed E-state index contributed by atoms with van der Waals surface area (Å²) in [5, 5.41) is 8.58. The molecule has 0 aromatic heterocycles. The van der Waals surface area contributed by atoms with Crippen molar-refractivity contribution in [2.45, 2.75) is 45.1 Å². The lowest BCUT2D eigenvalue weighted by Crippen LogP contribution is -2.36. The lowest BCUT2D eigenvalue weighted by molar-refractivity contribution is -0.137. The highest BCUT2D eigenvalue weighted by Gasteiger charge is 2.21. The zero-order valence-electron chi connectivity index (χ0n) is 9.20. The highest BCUT2D eigenvalue weighted by atomic mass is 16.4. The summed E-state index contributed by atoms with van der Waals surface area (Å²) in [4.78, 5) is 12.6. The first kappa shape index (κ1) is 11.5. The van der Waals surface area contributed by atoms with E-state index in [0.29, 0.717) is 12.6 Å². The summed E-state index contributed by atoms with van der Waals surface area (Å²) in [6.07, 6.45) is 5.32. The van der Waals surface area contributed by atoms with E-state index in [-0.39, 0.29) is 6.42 Å². The van der Waals surface area contributed by atoms with Crippen molar-refractivity contribution in [3.63, 3.8) is 0 Å². The van der Waals surface area contributed by atoms with E-state index >= 15 is 0 Å². The maximum absolute atomic E-state index is 10.4. The summed E-state index contributed by atoms with van der Waals surface area (Å²) in [7, 11) is 2.05. The number of hydrogen-bond donors (Lipinski definition) is 1. The average molecular weight is 199 g/mol. The lowest BCUT2D eigenvalue weighted by atomic mass is 9.87. The van der Waals surface area contributed by atoms with Crippen LogP contribution in [-0.4, -0.2) is 35.6 Å². The first-order valence-electron chi connectivity index (χ1n) is 5.51. The average Bonchev–Trinajstić information content (AvgIpc) is 2.15. The predicted octanol–water partition coefficient (Wildman–Crippen LogP) is 1.97. The fourth-order valence-electron chi connectivity index (χ4n) is 2.14. The van der Waals surface area contributed by atoms with Crippen LogP contribution in [-0.2, 0) is 4.79 Å². The molecule has 14 heavy (non-hydrogen) atoms. The minimum Gasteiger partial charge on any atom is -0.481 e. The van der Waals surface area contributed by atoms with Crippen LogP contribution in [0.25, 0.3) is 0 Å². The zero-order chi connectivity index (χ0) is 10.6. The van der Waals surface area contributed by atoms with Crippen LogP contribution >= 0.6 is 0 Å². The van der Waals surface area contributed by atoms with Gasteiger partial charge in [-0.25, -0.2) is 0 Å². The van der Waals surface area contributed by atoms with Crippen molar-refractivity contribution in [3.05, 3.63) is 0 Å². The molecule has 1 rings (SSSR count). The van der Waals surface area contributed by atoms with Crippen molar-refractivity contribution in [1.29, 1.82) is 0 Å². The molecule has 0 heterocycles. The number of carbonyl (C=O) groups is 1. The Kier molecular flexibility index (Phi) is 4.39. The van der Waals surface area contributed by atoms with E-state index in [2.05, 4.69) is 11.8 Å². The van der Waals surface area contributed by atoms with Gasteiger partial charge in [-0.1, -0.05) is 6.92 Å². The number of rotatable bonds is 4. The van der Waals surface area contributed by atoms with Crippen LogP contribution in [0.1, 0.15) is 39.0 Å². The summed E-state index contributed by atoms with van der Waals surface area (Å²) >= 11 is 0. The first-order chi connectivity index (χ1) is 6.59. The van der Waals surface area contributed by atoms with Gasteiger partial charge in [0.25, 0.3) is 0 Å². The van der Waals surface area contributed by atoms with Gasteiger partial charge in [0.05, 0.1) is 6.42 Å². The Morgan fingerprint density at radius 2 is 1.93 bits per heavy atom. The van der Waals surface area contributed by atoms with Gasteiger partial charge in [0, 0.05) is 12.6 Å². The fraction of sp³-hybridized carbons (Fsp3) is 0.909. The van der Waals surface area contributed by atoms with E-state index < -0.39 is 5.97 Å². The molecule has 1 aliphatic rings. The van der Waals surface area contributed by atoms with Gasteiger partial charge in [-0.2, -0.15) is 0 Å². The minimum absolute atomic E-state index is 0.266. The van der Waals surface area contributed by atoms with Crippen molar-refractivity contribution in [1.82, 2.24) is 4.90 Å². The van der Waals surface area contributed by atoms with E-state index in [4.69, 9.17) is 5.11 Å². The second-order valence-electron chi connectivity index (χ2n) is 4.54. The molecule has 1 saturated carbocycles. The SMILES string of the molecule is CC1CCC(N(C)CCC(=O)O)CC1. The summed E-state index contributed by atoms with van der Waals surface area (Å²) in [6, 6.07) is 0.616. The topological polar surface area (TPSA) is 40.5 Å². The molecule has 0 aliphatic heterocycles. The van der Waals surface area contributed by atoms with Gasteiger partial charge in [-0.15, -0.1) is 0 Å². The van der Waals surface area contributed by atoms with Crippen molar-refractivity contribution < 1.29 is 9.90 Å². The molecule has 0 saturated heterocycles. The summed E-state index contributed by atoms with van der Waals surface area (Å²) in [6.45, 7) is 2.99. The zero-order valence-corrected chi connectivity index (χ0v) is 9.20. The first-order valence-corrected chi connectivity index (χ1v) is 5.51. The molecule has 3 heteroatoms. The molecule has 0 unspecified atom stereocenters. The monoisotopic (exact) mass is 199 g/mol. The van der Waals surface area contributed by atoms with Crippen molar-refractivity contribution in [3.8, 4) is 0 Å². The van der Waals surface area contributed by atoms with Gasteiger partial charge < -0.3 is 10.0 Å². The quantitative estimate of drug-likeness (QED) is 0.752. The molecular formula is C11H21NO2. The summed E-state index contributed by atoms with van der Waals surface area (Å²) in [5.74, 6) is 0.167. The van der Waals surface area contributed by atoms with Gasteiger partial charge in [-0.3, -0.25) is 4.79 Å². The lowest BCUT2D eigenvalue weighted by Gasteiger charge is -2.33. The molecule has 0 aromatic carbocycles. The third kappa shape index (κ3) is 3.66. The molecular weight excluding hydrogens is 178 g/mol. The van der Waals surface area contributed by atoms with Gasteiger partial charge in [0.15, 0.2) is 0 Å². The summed E-state index contributed by atoms with van der Waals surface area (Å²) < 4.78 is 0. The Hall–Kier alpha value is -0.570. The maximum atomic E-state index is 10.4. The van der Waals surface area contributed by atoms with Crippen molar-refractivity contribution >= 4 is 5.97 Å². The Labute approximate surface area is 86.1 Å². The second-order valence-corrected chi connectivity index (χ2v) is 4.54. The Morgan fingerprint density at radius 3 is 2.43 bits per heavy atom. The molecule has 0 bridgehead atoms. The number of carboxylic acid groups (broad SMARTS) is 1. The van der Waals surface area contributed by atoms with E-state index in [9.17, 15) is 4.79 Å². The second kappa shape index (κ2) is 5.35. The molecule has 0 amide bonds. The van der Waals surface area contributed by atoms with Crippen LogP contribution in [0.4, 0.5) is 0 Å². The minimum atomic E-state index is -0.693. The highest BCUT2D eigenvalue weighted by Crippen LogP contribution is 2.26. The number of carboxylic acids is 1. The van der Waals surface area contributed by atoms with Gasteiger partial charge in [0.2, 0.25) is 0 Å². The van der Waals surface area contributed by atoms with E-state index in [1.54, 1.807) is 0 Å².